The minimum absolute atomic E-state index is 0.324. The van der Waals surface area contributed by atoms with Crippen LogP contribution in [-0.4, -0.2) is 22.5 Å². The molecule has 0 saturated carbocycles. The van der Waals surface area contributed by atoms with E-state index in [0.29, 0.717) is 13.1 Å². The summed E-state index contributed by atoms with van der Waals surface area (Å²) in [5.41, 5.74) is 6.43. The molecule has 2 N–H and O–H groups in total. The third-order valence-electron chi connectivity index (χ3n) is 1.56. The van der Waals surface area contributed by atoms with Crippen molar-refractivity contribution in [2.24, 2.45) is 5.73 Å². The lowest BCUT2D eigenvalue weighted by molar-refractivity contribution is 0.309. The molecule has 4 heteroatoms. The quantitative estimate of drug-likeness (QED) is 0.726. The minimum Gasteiger partial charge on any atom is -0.330 e. The number of hydrogen-bond acceptors (Lipinski definition) is 2. The van der Waals surface area contributed by atoms with Gasteiger partial charge in [0.2, 0.25) is 0 Å². The molecule has 1 heterocycles. The van der Waals surface area contributed by atoms with E-state index in [1.165, 1.54) is 6.92 Å². The van der Waals surface area contributed by atoms with E-state index in [0.717, 1.165) is 12.0 Å². The lowest BCUT2D eigenvalue weighted by Gasteiger charge is -2.00. The first-order valence-electron chi connectivity index (χ1n) is 4.08. The SMILES string of the molecule is CC(F)Cn1cc(CCN)cn1. The molecule has 1 aromatic rings. The molecule has 0 amide bonds. The Morgan fingerprint density at radius 1 is 1.75 bits per heavy atom. The molecule has 0 radical (unpaired) electrons. The smallest absolute Gasteiger partial charge is 0.117 e. The third kappa shape index (κ3) is 2.62. The fourth-order valence-corrected chi connectivity index (χ4v) is 1.06. The van der Waals surface area contributed by atoms with Crippen LogP contribution in [0.15, 0.2) is 12.4 Å². The Bertz CT molecular complexity index is 232. The highest BCUT2D eigenvalue weighted by Gasteiger charge is 2.01. The Morgan fingerprint density at radius 3 is 3.08 bits per heavy atom. The van der Waals surface area contributed by atoms with Crippen LogP contribution in [0.3, 0.4) is 0 Å². The number of aromatic nitrogens is 2. The highest BCUT2D eigenvalue weighted by Crippen LogP contribution is 2.00. The number of hydrogen-bond donors (Lipinski definition) is 1. The van der Waals surface area contributed by atoms with E-state index in [-0.39, 0.29) is 0 Å². The molecule has 68 valence electrons. The topological polar surface area (TPSA) is 43.8 Å². The fraction of sp³-hybridized carbons (Fsp3) is 0.625. The molecule has 0 aliphatic rings. The van der Waals surface area contributed by atoms with Gasteiger partial charge in [-0.05, 0) is 25.5 Å². The first-order chi connectivity index (χ1) is 5.72. The largest absolute Gasteiger partial charge is 0.330 e. The Morgan fingerprint density at radius 2 is 2.50 bits per heavy atom. The molecule has 0 aliphatic carbocycles. The van der Waals surface area contributed by atoms with Gasteiger partial charge >= 0.3 is 0 Å². The van der Waals surface area contributed by atoms with Crippen molar-refractivity contribution in [2.75, 3.05) is 6.54 Å². The summed E-state index contributed by atoms with van der Waals surface area (Å²) >= 11 is 0. The molecule has 1 aromatic heterocycles. The summed E-state index contributed by atoms with van der Waals surface area (Å²) in [4.78, 5) is 0. The highest BCUT2D eigenvalue weighted by atomic mass is 19.1. The zero-order chi connectivity index (χ0) is 8.97. The lowest BCUT2D eigenvalue weighted by Crippen LogP contribution is -2.07. The van der Waals surface area contributed by atoms with Crippen LogP contribution in [0.5, 0.6) is 0 Å². The third-order valence-corrected chi connectivity index (χ3v) is 1.56. The van der Waals surface area contributed by atoms with Gasteiger partial charge in [-0.1, -0.05) is 0 Å². The maximum absolute atomic E-state index is 12.5. The highest BCUT2D eigenvalue weighted by molar-refractivity contribution is 5.04. The zero-order valence-electron chi connectivity index (χ0n) is 7.20. The number of rotatable bonds is 4. The lowest BCUT2D eigenvalue weighted by atomic mass is 10.3. The average molecular weight is 171 g/mol. The molecular weight excluding hydrogens is 157 g/mol. The summed E-state index contributed by atoms with van der Waals surface area (Å²) in [5, 5.41) is 4.00. The Balaban J connectivity index is 2.52. The van der Waals surface area contributed by atoms with Gasteiger partial charge in [-0.25, -0.2) is 4.39 Å². The van der Waals surface area contributed by atoms with Gasteiger partial charge in [0.1, 0.15) is 6.17 Å². The van der Waals surface area contributed by atoms with Crippen molar-refractivity contribution in [3.8, 4) is 0 Å². The van der Waals surface area contributed by atoms with Crippen LogP contribution in [-0.2, 0) is 13.0 Å². The van der Waals surface area contributed by atoms with Crippen molar-refractivity contribution in [3.63, 3.8) is 0 Å². The van der Waals surface area contributed by atoms with Crippen molar-refractivity contribution in [1.29, 1.82) is 0 Å². The van der Waals surface area contributed by atoms with Crippen molar-refractivity contribution < 1.29 is 4.39 Å². The first kappa shape index (κ1) is 9.19. The number of nitrogens with two attached hydrogens (primary N) is 1. The molecule has 0 spiro atoms. The molecular formula is C8H14FN3. The van der Waals surface area contributed by atoms with E-state index >= 15 is 0 Å². The summed E-state index contributed by atoms with van der Waals surface area (Å²) in [6.45, 7) is 2.45. The van der Waals surface area contributed by atoms with E-state index in [1.807, 2.05) is 6.20 Å². The maximum Gasteiger partial charge on any atom is 0.117 e. The number of alkyl halides is 1. The fourth-order valence-electron chi connectivity index (χ4n) is 1.06. The summed E-state index contributed by atoms with van der Waals surface area (Å²) in [6.07, 6.45) is 3.52. The second-order valence-electron chi connectivity index (χ2n) is 2.89. The van der Waals surface area contributed by atoms with E-state index in [4.69, 9.17) is 5.73 Å². The van der Waals surface area contributed by atoms with Crippen molar-refractivity contribution in [2.45, 2.75) is 26.1 Å². The van der Waals surface area contributed by atoms with Crippen molar-refractivity contribution in [1.82, 2.24) is 9.78 Å². The minimum atomic E-state index is -0.851. The molecule has 1 atom stereocenters. The standard InChI is InChI=1S/C8H14FN3/c1-7(9)5-12-6-8(2-3-10)4-11-12/h4,6-7H,2-3,5,10H2,1H3. The van der Waals surface area contributed by atoms with Crippen LogP contribution in [0.1, 0.15) is 12.5 Å². The normalized spacial score (nSPS) is 13.2. The predicted octanol–water partition coefficient (Wildman–Crippen LogP) is 0.742. The summed E-state index contributed by atoms with van der Waals surface area (Å²) in [7, 11) is 0. The van der Waals surface area contributed by atoms with Crippen LogP contribution < -0.4 is 5.73 Å². The van der Waals surface area contributed by atoms with Gasteiger partial charge in [0.25, 0.3) is 0 Å². The number of halogens is 1. The molecule has 0 aliphatic heterocycles. The van der Waals surface area contributed by atoms with E-state index < -0.39 is 6.17 Å². The van der Waals surface area contributed by atoms with Gasteiger partial charge in [-0.3, -0.25) is 4.68 Å². The van der Waals surface area contributed by atoms with Crippen LogP contribution in [0.4, 0.5) is 4.39 Å². The zero-order valence-corrected chi connectivity index (χ0v) is 7.20. The van der Waals surface area contributed by atoms with Crippen LogP contribution in [0.25, 0.3) is 0 Å². The van der Waals surface area contributed by atoms with E-state index in [1.54, 1.807) is 10.9 Å². The Hall–Kier alpha value is -0.900. The second kappa shape index (κ2) is 4.21. The van der Waals surface area contributed by atoms with E-state index in [2.05, 4.69) is 5.10 Å². The maximum atomic E-state index is 12.5. The monoisotopic (exact) mass is 171 g/mol. The summed E-state index contributed by atoms with van der Waals surface area (Å²) in [5.74, 6) is 0. The van der Waals surface area contributed by atoms with Gasteiger partial charge in [0, 0.05) is 6.20 Å². The van der Waals surface area contributed by atoms with Crippen LogP contribution in [0, 0.1) is 0 Å². The van der Waals surface area contributed by atoms with Gasteiger partial charge in [0.05, 0.1) is 12.7 Å². The molecule has 0 bridgehead atoms. The molecule has 0 aromatic carbocycles. The second-order valence-corrected chi connectivity index (χ2v) is 2.89. The molecule has 12 heavy (non-hydrogen) atoms. The Labute approximate surface area is 71.4 Å². The summed E-state index contributed by atoms with van der Waals surface area (Å²) < 4.78 is 14.1. The average Bonchev–Trinajstić information content (AvgIpc) is 2.36. The molecule has 0 saturated heterocycles. The predicted molar refractivity (Wildman–Crippen MR) is 45.6 cm³/mol. The van der Waals surface area contributed by atoms with Gasteiger partial charge in [-0.15, -0.1) is 0 Å². The van der Waals surface area contributed by atoms with Gasteiger partial charge < -0.3 is 5.73 Å². The van der Waals surface area contributed by atoms with Crippen LogP contribution >= 0.6 is 0 Å². The van der Waals surface area contributed by atoms with Gasteiger partial charge in [-0.2, -0.15) is 5.10 Å². The van der Waals surface area contributed by atoms with Crippen molar-refractivity contribution in [3.05, 3.63) is 18.0 Å². The van der Waals surface area contributed by atoms with Gasteiger partial charge in [0.15, 0.2) is 0 Å². The van der Waals surface area contributed by atoms with Crippen LogP contribution in [0.2, 0.25) is 0 Å². The number of nitrogens with zero attached hydrogens (tertiary/aromatic N) is 2. The Kier molecular flexibility index (Phi) is 3.22. The molecule has 1 unspecified atom stereocenters. The first-order valence-corrected chi connectivity index (χ1v) is 4.08. The molecule has 1 rings (SSSR count). The van der Waals surface area contributed by atoms with E-state index in [9.17, 15) is 4.39 Å². The molecule has 3 nitrogen and oxygen atoms in total. The summed E-state index contributed by atoms with van der Waals surface area (Å²) in [6, 6.07) is 0. The van der Waals surface area contributed by atoms with Crippen molar-refractivity contribution >= 4 is 0 Å². The molecule has 0 fully saturated rings.